The molecule has 4 nitrogen and oxygen atoms in total. The normalized spacial score (nSPS) is 26.7. The van der Waals surface area contributed by atoms with Gasteiger partial charge in [0.05, 0.1) is 13.2 Å². The minimum Gasteiger partial charge on any atom is -0.453 e. The summed E-state index contributed by atoms with van der Waals surface area (Å²) in [7, 11) is 0. The van der Waals surface area contributed by atoms with Crippen molar-refractivity contribution < 1.29 is 13.9 Å². The standard InChI is InChI=1S/C12H13FN2O2/c1-12(7-17-12)6-15-8-16-11(14-15)9-2-4-10(13)5-3-9/h2-5H,6-8H2,1H3. The van der Waals surface area contributed by atoms with Crippen LogP contribution >= 0.6 is 0 Å². The molecule has 2 heterocycles. The van der Waals surface area contributed by atoms with Gasteiger partial charge in [-0.3, -0.25) is 5.01 Å². The lowest BCUT2D eigenvalue weighted by molar-refractivity contribution is 0.135. The highest BCUT2D eigenvalue weighted by Crippen LogP contribution is 2.28. The fourth-order valence-corrected chi connectivity index (χ4v) is 1.74. The average molecular weight is 236 g/mol. The molecule has 0 bridgehead atoms. The van der Waals surface area contributed by atoms with E-state index < -0.39 is 0 Å². The van der Waals surface area contributed by atoms with Crippen LogP contribution in [-0.2, 0) is 9.47 Å². The van der Waals surface area contributed by atoms with Crippen LogP contribution in [-0.4, -0.2) is 36.4 Å². The lowest BCUT2D eigenvalue weighted by atomic mass is 10.2. The molecule has 1 saturated heterocycles. The van der Waals surface area contributed by atoms with Crippen LogP contribution in [0.25, 0.3) is 0 Å². The van der Waals surface area contributed by atoms with E-state index in [1.807, 2.05) is 11.9 Å². The monoisotopic (exact) mass is 236 g/mol. The molecule has 2 aliphatic rings. The fraction of sp³-hybridized carbons (Fsp3) is 0.417. The minimum atomic E-state index is -0.261. The highest BCUT2D eigenvalue weighted by Gasteiger charge is 2.42. The number of hydrogen-bond acceptors (Lipinski definition) is 4. The summed E-state index contributed by atoms with van der Waals surface area (Å²) in [6, 6.07) is 6.12. The molecule has 1 aromatic carbocycles. The molecule has 2 aliphatic heterocycles. The Hall–Kier alpha value is -1.62. The molecular formula is C12H13FN2O2. The Labute approximate surface area is 98.6 Å². The molecule has 0 N–H and O–H groups in total. The summed E-state index contributed by atoms with van der Waals surface area (Å²) >= 11 is 0. The highest BCUT2D eigenvalue weighted by atomic mass is 19.1. The zero-order valence-electron chi connectivity index (χ0n) is 9.52. The van der Waals surface area contributed by atoms with E-state index in [0.717, 1.165) is 18.7 Å². The molecular weight excluding hydrogens is 223 g/mol. The molecule has 0 amide bonds. The Balaban J connectivity index is 1.72. The number of nitrogens with zero attached hydrogens (tertiary/aromatic N) is 2. The van der Waals surface area contributed by atoms with Crippen molar-refractivity contribution in [2.75, 3.05) is 19.9 Å². The van der Waals surface area contributed by atoms with Crippen molar-refractivity contribution in [2.45, 2.75) is 12.5 Å². The Bertz CT molecular complexity index is 454. The number of epoxide rings is 1. The maximum atomic E-state index is 12.8. The van der Waals surface area contributed by atoms with Crippen LogP contribution in [0.5, 0.6) is 0 Å². The van der Waals surface area contributed by atoms with Gasteiger partial charge in [-0.2, -0.15) is 0 Å². The Kier molecular flexibility index (Phi) is 2.29. The largest absolute Gasteiger partial charge is 0.453 e. The molecule has 1 aromatic rings. The molecule has 5 heteroatoms. The van der Waals surface area contributed by atoms with Gasteiger partial charge in [-0.15, -0.1) is 5.10 Å². The first-order valence-corrected chi connectivity index (χ1v) is 5.51. The van der Waals surface area contributed by atoms with E-state index in [9.17, 15) is 4.39 Å². The van der Waals surface area contributed by atoms with Crippen LogP contribution < -0.4 is 0 Å². The first-order chi connectivity index (χ1) is 8.15. The Morgan fingerprint density at radius 1 is 1.41 bits per heavy atom. The van der Waals surface area contributed by atoms with Crippen molar-refractivity contribution in [3.63, 3.8) is 0 Å². The average Bonchev–Trinajstić information content (AvgIpc) is 2.86. The first-order valence-electron chi connectivity index (χ1n) is 5.51. The number of halogens is 1. The summed E-state index contributed by atoms with van der Waals surface area (Å²) in [5, 5.41) is 6.16. The van der Waals surface area contributed by atoms with Crippen molar-refractivity contribution in [2.24, 2.45) is 5.10 Å². The lowest BCUT2D eigenvalue weighted by Crippen LogP contribution is -2.27. The summed E-state index contributed by atoms with van der Waals surface area (Å²) in [5.74, 6) is 0.275. The quantitative estimate of drug-likeness (QED) is 0.747. The molecule has 0 aliphatic carbocycles. The van der Waals surface area contributed by atoms with E-state index in [-0.39, 0.29) is 11.4 Å². The number of rotatable bonds is 3. The van der Waals surface area contributed by atoms with Crippen LogP contribution in [0.2, 0.25) is 0 Å². The summed E-state index contributed by atoms with van der Waals surface area (Å²) in [4.78, 5) is 0. The van der Waals surface area contributed by atoms with Gasteiger partial charge >= 0.3 is 0 Å². The molecule has 90 valence electrons. The van der Waals surface area contributed by atoms with Gasteiger partial charge in [0.2, 0.25) is 5.90 Å². The van der Waals surface area contributed by atoms with E-state index >= 15 is 0 Å². The Morgan fingerprint density at radius 2 is 2.12 bits per heavy atom. The SMILES string of the molecule is CC1(CN2COC(c3ccc(F)cc3)=N2)CO1. The molecule has 1 atom stereocenters. The third-order valence-electron chi connectivity index (χ3n) is 2.83. The van der Waals surface area contributed by atoms with Crippen molar-refractivity contribution in [1.29, 1.82) is 0 Å². The third kappa shape index (κ3) is 2.24. The first kappa shape index (κ1) is 10.5. The molecule has 0 aromatic heterocycles. The molecule has 0 radical (unpaired) electrons. The van der Waals surface area contributed by atoms with Crippen LogP contribution in [0.3, 0.4) is 0 Å². The summed E-state index contributed by atoms with van der Waals surface area (Å²) in [6.45, 7) is 3.95. The van der Waals surface area contributed by atoms with Gasteiger partial charge in [-0.05, 0) is 31.2 Å². The van der Waals surface area contributed by atoms with Gasteiger partial charge < -0.3 is 9.47 Å². The van der Waals surface area contributed by atoms with Gasteiger partial charge in [0, 0.05) is 5.56 Å². The molecule has 3 rings (SSSR count). The number of benzene rings is 1. The van der Waals surface area contributed by atoms with Crippen LogP contribution in [0.1, 0.15) is 12.5 Å². The van der Waals surface area contributed by atoms with Gasteiger partial charge in [-0.1, -0.05) is 0 Å². The Morgan fingerprint density at radius 3 is 2.76 bits per heavy atom. The zero-order chi connectivity index (χ0) is 11.9. The van der Waals surface area contributed by atoms with Crippen LogP contribution in [0.15, 0.2) is 29.4 Å². The van der Waals surface area contributed by atoms with Crippen molar-refractivity contribution >= 4 is 5.90 Å². The molecule has 1 fully saturated rings. The van der Waals surface area contributed by atoms with E-state index in [1.54, 1.807) is 12.1 Å². The number of hydrogen-bond donors (Lipinski definition) is 0. The minimum absolute atomic E-state index is 0.0783. The predicted octanol–water partition coefficient (Wildman–Crippen LogP) is 1.57. The van der Waals surface area contributed by atoms with E-state index in [2.05, 4.69) is 5.10 Å². The van der Waals surface area contributed by atoms with Gasteiger partial charge in [0.15, 0.2) is 6.73 Å². The van der Waals surface area contributed by atoms with Crippen LogP contribution in [0, 0.1) is 5.82 Å². The topological polar surface area (TPSA) is 37.4 Å². The van der Waals surface area contributed by atoms with E-state index in [0.29, 0.717) is 12.6 Å². The third-order valence-corrected chi connectivity index (χ3v) is 2.83. The molecule has 0 saturated carbocycles. The van der Waals surface area contributed by atoms with Crippen molar-refractivity contribution in [3.8, 4) is 0 Å². The maximum Gasteiger partial charge on any atom is 0.240 e. The highest BCUT2D eigenvalue weighted by molar-refractivity contribution is 5.94. The van der Waals surface area contributed by atoms with E-state index in [1.165, 1.54) is 12.1 Å². The predicted molar refractivity (Wildman–Crippen MR) is 60.0 cm³/mol. The molecule has 1 unspecified atom stereocenters. The van der Waals surface area contributed by atoms with E-state index in [4.69, 9.17) is 9.47 Å². The van der Waals surface area contributed by atoms with Crippen LogP contribution in [0.4, 0.5) is 4.39 Å². The van der Waals surface area contributed by atoms with Crippen molar-refractivity contribution in [3.05, 3.63) is 35.6 Å². The van der Waals surface area contributed by atoms with Gasteiger partial charge in [0.25, 0.3) is 0 Å². The summed E-state index contributed by atoms with van der Waals surface area (Å²) in [6.07, 6.45) is 0. The fourth-order valence-electron chi connectivity index (χ4n) is 1.74. The smallest absolute Gasteiger partial charge is 0.240 e. The number of ether oxygens (including phenoxy) is 2. The summed E-state index contributed by atoms with van der Waals surface area (Å²) in [5.41, 5.74) is 0.709. The molecule has 0 spiro atoms. The second-order valence-corrected chi connectivity index (χ2v) is 4.59. The van der Waals surface area contributed by atoms with Gasteiger partial charge in [0.1, 0.15) is 11.4 Å². The lowest BCUT2D eigenvalue weighted by Gasteiger charge is -2.13. The molecule has 17 heavy (non-hydrogen) atoms. The second kappa shape index (κ2) is 3.70. The van der Waals surface area contributed by atoms with Crippen molar-refractivity contribution in [1.82, 2.24) is 5.01 Å². The zero-order valence-corrected chi connectivity index (χ0v) is 9.52. The summed E-state index contributed by atoms with van der Waals surface area (Å²) < 4.78 is 23.5. The second-order valence-electron chi connectivity index (χ2n) is 4.59. The van der Waals surface area contributed by atoms with Gasteiger partial charge in [-0.25, -0.2) is 4.39 Å². The number of hydrazone groups is 1. The maximum absolute atomic E-state index is 12.8.